The topological polar surface area (TPSA) is 107 Å². The first-order valence-electron chi connectivity index (χ1n) is 47.7. The van der Waals surface area contributed by atoms with Crippen LogP contribution in [0, 0.1) is 66.7 Å². The molecule has 0 heterocycles. The number of hydrogen-bond donors (Lipinski definition) is 0. The highest BCUT2D eigenvalue weighted by molar-refractivity contribution is 7.97. The second kappa shape index (κ2) is 50.0. The van der Waals surface area contributed by atoms with Crippen LogP contribution in [0.25, 0.3) is 0 Å². The van der Waals surface area contributed by atoms with Gasteiger partial charge in [0, 0.05) is 27.6 Å². The molecule has 142 heavy (non-hydrogen) atoms. The Hall–Kier alpha value is -8.84. The minimum absolute atomic E-state index is 0.169. The van der Waals surface area contributed by atoms with E-state index in [1.165, 1.54) is 129 Å². The van der Waals surface area contributed by atoms with Gasteiger partial charge in [0.1, 0.15) is 52.4 Å². The number of esters is 1. The number of hydrogen-bond acceptors (Lipinski definition) is 9. The molecule has 30 heteroatoms. The number of ether oxygens (including phenoxy) is 5. The lowest BCUT2D eigenvalue weighted by molar-refractivity contribution is -0.597. The molecule has 0 aromatic heterocycles. The average molecular weight is 2200 g/mol. The molecule has 11 aromatic carbocycles. The second-order valence-electron chi connectivity index (χ2n) is 37.7. The van der Waals surface area contributed by atoms with Crippen molar-refractivity contribution in [2.24, 2.45) is 17.8 Å². The maximum absolute atomic E-state index is 15.0. The molecule has 18 rings (SSSR count). The Morgan fingerprint density at radius 3 is 1.05 bits per heavy atom. The summed E-state index contributed by atoms with van der Waals surface area (Å²) in [6.07, 6.45) is 22.5. The zero-order valence-electron chi connectivity index (χ0n) is 80.7. The fourth-order valence-electron chi connectivity index (χ4n) is 19.5. The molecule has 9 nitrogen and oxygen atoms in total. The Labute approximate surface area is 855 Å². The number of alkyl halides is 8. The molecule has 0 N–H and O–H groups in total. The van der Waals surface area contributed by atoms with Crippen LogP contribution in [0.15, 0.2) is 254 Å². The molecule has 762 valence electrons. The Kier molecular flexibility index (Phi) is 39.4. The molecule has 7 fully saturated rings. The van der Waals surface area contributed by atoms with Gasteiger partial charge in [-0.25, -0.2) is 26.3 Å². The number of carbonyl (C=O) groups excluding carboxylic acids is 1. The highest BCUT2D eigenvalue weighted by Gasteiger charge is 2.77. The Morgan fingerprint density at radius 1 is 0.430 bits per heavy atom. The zero-order chi connectivity index (χ0) is 103. The van der Waals surface area contributed by atoms with Crippen LogP contribution in [0.2, 0.25) is 15.1 Å². The number of methoxy groups -OCH3 is 3. The summed E-state index contributed by atoms with van der Waals surface area (Å²) in [5.41, 5.74) is 2.56. The lowest BCUT2D eigenvalue weighted by atomic mass is 9.54. The molecular weight excluding hydrogens is 2080 g/mol. The number of carbonyl (C=O) groups is 1. The van der Waals surface area contributed by atoms with Gasteiger partial charge in [-0.05, 0) is 360 Å². The number of benzene rings is 11. The highest BCUT2D eigenvalue weighted by Crippen LogP contribution is 2.58. The quantitative estimate of drug-likeness (QED) is 0.0131. The average Bonchev–Trinajstić information content (AvgIpc) is 0.724. The normalized spacial score (nSPS) is 17.8. The molecular formula is C112H119Cl3F14IO9S3+3. The highest BCUT2D eigenvalue weighted by atomic mass is 127. The van der Waals surface area contributed by atoms with Gasteiger partial charge in [0.2, 0.25) is 17.4 Å². The van der Waals surface area contributed by atoms with E-state index in [-0.39, 0.29) is 77.6 Å². The van der Waals surface area contributed by atoms with Gasteiger partial charge in [-0.15, -0.1) is 0 Å². The van der Waals surface area contributed by atoms with Crippen molar-refractivity contribution in [3.8, 4) is 34.5 Å². The summed E-state index contributed by atoms with van der Waals surface area (Å²) < 4.78 is 248. The standard InChI is InChI=1S/C31H38F4O.C21H21O3S.C18H12Cl3S.C16H20F6O3S.C14H20F2O2.C12H8F2I/c1-19-26(32)28(34)31(29(35)27(19)33)36-30-24(21-13-7-3-8-14-21)17-23(20-11-5-2-6-12-20)18-25(30)22-15-9-4-10-16-22;1-22-16-4-10-19(11-5-16)25(20-12-6-17(23-2)7-13-20)21-14-8-18(24-3)9-15-21;19-13-1-7-16(8-2-13)22(17-9-3-14(20)4-10-17)18-11-5-15(21)6-12-18;1-9(2)11-7-6-8-12(10(3)4)13(11)25-26(23,24)16(21,22)15(19,20)14(5,17)18;1-13(15,16)8-12(17)18-14-5-9-2-10(6-14)4-11(3-9)7-14;13-9-1-5-11(6-2-9)15-12-7-3-10(14)4-8-12/h17-18,20-22H,2-16H2,1H3;4-15H,1-3H3;1-12H;6-10H,1-5H3;9-11H,2-8H2,1H3;1-8H/q;2*+1;;;+1. The fourth-order valence-corrected chi connectivity index (χ4v) is 27.1. The summed E-state index contributed by atoms with van der Waals surface area (Å²) in [6.45, 7) is 7.74. The van der Waals surface area contributed by atoms with E-state index in [0.29, 0.717) is 29.4 Å². The van der Waals surface area contributed by atoms with Crippen LogP contribution in [0.1, 0.15) is 246 Å². The van der Waals surface area contributed by atoms with Crippen molar-refractivity contribution in [2.45, 2.75) is 277 Å². The van der Waals surface area contributed by atoms with E-state index in [2.05, 4.69) is 89.1 Å². The molecule has 0 aliphatic heterocycles. The summed E-state index contributed by atoms with van der Waals surface area (Å²) in [6, 6.07) is 70.3. The number of para-hydroxylation sites is 1. The van der Waals surface area contributed by atoms with Crippen LogP contribution in [-0.4, -0.2) is 64.3 Å². The maximum Gasteiger partial charge on any atom is 0.449 e. The molecule has 0 radical (unpaired) electrons. The molecule has 11 aromatic rings. The first-order chi connectivity index (χ1) is 67.4. The van der Waals surface area contributed by atoms with E-state index in [0.717, 1.165) is 148 Å². The Bertz CT molecular complexity index is 5670. The van der Waals surface area contributed by atoms with Gasteiger partial charge < -0.3 is 27.9 Å². The minimum Gasteiger partial charge on any atom is -0.497 e. The molecule has 0 atom stereocenters. The maximum atomic E-state index is 15.0. The van der Waals surface area contributed by atoms with Crippen LogP contribution >= 0.6 is 34.8 Å². The van der Waals surface area contributed by atoms with Gasteiger partial charge in [0.05, 0.1) is 43.1 Å². The number of rotatable bonds is 26. The Morgan fingerprint density at radius 2 is 0.746 bits per heavy atom. The fraction of sp³-hybridized carbons (Fsp3) is 0.402. The van der Waals surface area contributed by atoms with Crippen LogP contribution in [-0.2, 0) is 41.4 Å². The molecule has 7 aliphatic rings. The van der Waals surface area contributed by atoms with Crippen LogP contribution in [0.5, 0.6) is 34.5 Å². The summed E-state index contributed by atoms with van der Waals surface area (Å²) in [7, 11) is -1.81. The predicted octanol–water partition coefficient (Wildman–Crippen LogP) is 31.2. The molecule has 7 saturated carbocycles. The van der Waals surface area contributed by atoms with Crippen LogP contribution < -0.4 is 44.3 Å². The van der Waals surface area contributed by atoms with Crippen molar-refractivity contribution in [2.75, 3.05) is 21.3 Å². The van der Waals surface area contributed by atoms with E-state index in [9.17, 15) is 65.9 Å². The molecule has 0 amide bonds. The monoisotopic (exact) mass is 2200 g/mol. The van der Waals surface area contributed by atoms with Gasteiger partial charge in [0.25, 0.3) is 5.92 Å². The summed E-state index contributed by atoms with van der Waals surface area (Å²) >= 11 is 17.7. The number of halogens is 18. The SMILES string of the molecule is CC(C)c1cccc(C(C)C)c1OS(=O)(=O)C(F)(F)C(F)(F)C(C)(F)F.CC(F)(F)CC(=O)OC12CC3CC(CC(C3)C1)C2.COc1ccc([S+](c2ccc(OC)cc2)c2ccc(OC)cc2)cc1.Cc1c(F)c(F)c(Oc2c(C3CCCCC3)cc(C3CCCCC3)cc2C2CCCCC2)c(F)c1F.Clc1ccc([S+](c2ccc(Cl)cc2)c2ccc(Cl)cc2)cc1.Fc1ccc([I+]c2ccc(F)cc2)cc1. The molecule has 0 unspecified atom stereocenters. The largest absolute Gasteiger partial charge is 0.497 e. The summed E-state index contributed by atoms with van der Waals surface area (Å²) in [5.74, 6) is -17.6. The predicted molar refractivity (Wildman–Crippen MR) is 530 cm³/mol. The summed E-state index contributed by atoms with van der Waals surface area (Å²) in [5, 5.41) is -3.94. The van der Waals surface area contributed by atoms with Crippen molar-refractivity contribution < 1.29 is 124 Å². The van der Waals surface area contributed by atoms with Crippen molar-refractivity contribution >= 4 is 72.7 Å². The molecule has 0 spiro atoms. The third kappa shape index (κ3) is 29.1. The van der Waals surface area contributed by atoms with Crippen molar-refractivity contribution in [3.63, 3.8) is 0 Å². The van der Waals surface area contributed by atoms with E-state index >= 15 is 8.78 Å². The molecule has 7 aliphatic carbocycles. The lowest BCUT2D eigenvalue weighted by Gasteiger charge is -2.55. The first kappa shape index (κ1) is 112. The van der Waals surface area contributed by atoms with E-state index in [1.54, 1.807) is 73.3 Å². The zero-order valence-corrected chi connectivity index (χ0v) is 87.6. The third-order valence-corrected chi connectivity index (χ3v) is 35.5. The third-order valence-electron chi connectivity index (χ3n) is 26.4. The van der Waals surface area contributed by atoms with Gasteiger partial charge in [-0.1, -0.05) is 151 Å². The van der Waals surface area contributed by atoms with E-state index < -0.39 is 110 Å². The Balaban J connectivity index is 0.000000155. The minimum atomic E-state index is -6.43. The van der Waals surface area contributed by atoms with E-state index in [4.69, 9.17) is 58.5 Å². The van der Waals surface area contributed by atoms with Gasteiger partial charge in [-0.2, -0.15) is 43.5 Å². The van der Waals surface area contributed by atoms with Gasteiger partial charge in [0.15, 0.2) is 48.1 Å². The summed E-state index contributed by atoms with van der Waals surface area (Å²) in [4.78, 5) is 18.9. The van der Waals surface area contributed by atoms with E-state index in [1.807, 2.05) is 72.8 Å². The first-order valence-corrected chi connectivity index (χ1v) is 54.8. The molecule has 0 saturated heterocycles. The van der Waals surface area contributed by atoms with Gasteiger partial charge >= 0.3 is 54.4 Å². The van der Waals surface area contributed by atoms with Crippen LogP contribution in [0.4, 0.5) is 61.5 Å². The van der Waals surface area contributed by atoms with Crippen LogP contribution in [0.3, 0.4) is 0 Å². The second-order valence-corrected chi connectivity index (χ2v) is 47.7. The smallest absolute Gasteiger partial charge is 0.449 e. The van der Waals surface area contributed by atoms with Gasteiger partial charge in [-0.3, -0.25) is 4.79 Å². The van der Waals surface area contributed by atoms with Crippen molar-refractivity contribution in [1.82, 2.24) is 0 Å². The van der Waals surface area contributed by atoms with Crippen molar-refractivity contribution in [3.05, 3.63) is 315 Å². The van der Waals surface area contributed by atoms with Crippen molar-refractivity contribution in [1.29, 1.82) is 0 Å². The molecule has 4 bridgehead atoms. The lowest BCUT2D eigenvalue weighted by Crippen LogP contribution is -3.61.